The van der Waals surface area contributed by atoms with E-state index in [1.54, 1.807) is 18.2 Å². The highest BCUT2D eigenvalue weighted by atomic mass is 16.6. The van der Waals surface area contributed by atoms with Crippen LogP contribution in [0.1, 0.15) is 53.0 Å². The van der Waals surface area contributed by atoms with Gasteiger partial charge in [-0.1, -0.05) is 6.92 Å². The van der Waals surface area contributed by atoms with Gasteiger partial charge < -0.3 is 24.7 Å². The maximum atomic E-state index is 12.9. The molecule has 0 saturated heterocycles. The molecule has 1 aromatic carbocycles. The zero-order chi connectivity index (χ0) is 19.5. The summed E-state index contributed by atoms with van der Waals surface area (Å²) in [7, 11) is 0. The van der Waals surface area contributed by atoms with Gasteiger partial charge in [0.05, 0.1) is 5.69 Å². The second-order valence-corrected chi connectivity index (χ2v) is 6.91. The molecule has 0 unspecified atom stereocenters. The maximum Gasteiger partial charge on any atom is 0.291 e. The van der Waals surface area contributed by atoms with E-state index in [-0.39, 0.29) is 17.6 Å². The molecule has 0 bridgehead atoms. The summed E-state index contributed by atoms with van der Waals surface area (Å²) in [4.78, 5) is 29.8. The quantitative estimate of drug-likeness (QED) is 0.825. The first-order valence-corrected chi connectivity index (χ1v) is 9.76. The Bertz CT molecular complexity index is 906. The molecule has 0 spiro atoms. The fraction of sp³-hybridized carbons (Fsp3) is 0.450. The van der Waals surface area contributed by atoms with Gasteiger partial charge in [0.1, 0.15) is 18.9 Å². The minimum absolute atomic E-state index is 0.217. The van der Waals surface area contributed by atoms with Crippen LogP contribution < -0.4 is 20.1 Å². The number of anilines is 1. The third-order valence-electron chi connectivity index (χ3n) is 4.87. The molecule has 3 heterocycles. The molecule has 28 heavy (non-hydrogen) atoms. The first kappa shape index (κ1) is 18.3. The van der Waals surface area contributed by atoms with E-state index in [4.69, 9.17) is 9.47 Å². The van der Waals surface area contributed by atoms with Gasteiger partial charge in [-0.2, -0.15) is 0 Å². The van der Waals surface area contributed by atoms with Gasteiger partial charge in [0, 0.05) is 24.8 Å². The number of fused-ring (bicyclic) bond motifs is 2. The van der Waals surface area contributed by atoms with Gasteiger partial charge in [-0.15, -0.1) is 0 Å². The molecule has 148 valence electrons. The Balaban J connectivity index is 1.59. The molecule has 0 fully saturated rings. The fourth-order valence-corrected chi connectivity index (χ4v) is 3.53. The Hall–Kier alpha value is -3.03. The zero-order valence-corrected chi connectivity index (χ0v) is 15.9. The Labute approximate surface area is 163 Å². The highest BCUT2D eigenvalue weighted by Crippen LogP contribution is 2.32. The minimum Gasteiger partial charge on any atom is -0.486 e. The summed E-state index contributed by atoms with van der Waals surface area (Å²) in [6.45, 7) is 4.27. The summed E-state index contributed by atoms with van der Waals surface area (Å²) in [6, 6.07) is 5.27. The van der Waals surface area contributed by atoms with E-state index in [0.717, 1.165) is 31.4 Å². The van der Waals surface area contributed by atoms with Crippen molar-refractivity contribution in [1.29, 1.82) is 0 Å². The molecule has 4 rings (SSSR count). The van der Waals surface area contributed by atoms with Crippen molar-refractivity contribution in [2.45, 2.75) is 39.2 Å². The normalized spacial score (nSPS) is 14.9. The number of rotatable bonds is 5. The molecular formula is C20H24N4O4. The lowest BCUT2D eigenvalue weighted by Crippen LogP contribution is -2.26. The van der Waals surface area contributed by atoms with Crippen LogP contribution in [0.25, 0.3) is 0 Å². The van der Waals surface area contributed by atoms with E-state index in [2.05, 4.69) is 15.6 Å². The van der Waals surface area contributed by atoms with Crippen molar-refractivity contribution >= 4 is 17.5 Å². The topological polar surface area (TPSA) is 94.5 Å². The predicted octanol–water partition coefficient (Wildman–Crippen LogP) is 2.38. The van der Waals surface area contributed by atoms with E-state index in [9.17, 15) is 9.59 Å². The van der Waals surface area contributed by atoms with Gasteiger partial charge in [0.2, 0.25) is 0 Å². The fourth-order valence-electron chi connectivity index (χ4n) is 3.53. The van der Waals surface area contributed by atoms with Crippen molar-refractivity contribution in [2.75, 3.05) is 25.1 Å². The standard InChI is InChI=1S/C20H24N4O4/c1-2-8-21-19(25)17-14-5-3-4-9-24(14)18(23-17)20(26)22-13-6-7-15-16(12-13)28-11-10-27-15/h6-7,12H,2-5,8-11H2,1H3,(H,21,25)(H,22,26). The molecular weight excluding hydrogens is 360 g/mol. The average molecular weight is 384 g/mol. The zero-order valence-electron chi connectivity index (χ0n) is 15.9. The molecule has 1 aromatic heterocycles. The largest absolute Gasteiger partial charge is 0.486 e. The van der Waals surface area contributed by atoms with Crippen molar-refractivity contribution in [3.05, 3.63) is 35.4 Å². The van der Waals surface area contributed by atoms with Crippen molar-refractivity contribution in [3.8, 4) is 11.5 Å². The van der Waals surface area contributed by atoms with Crippen LogP contribution in [0.2, 0.25) is 0 Å². The van der Waals surface area contributed by atoms with Gasteiger partial charge in [-0.25, -0.2) is 4.98 Å². The van der Waals surface area contributed by atoms with Gasteiger partial charge >= 0.3 is 0 Å². The van der Waals surface area contributed by atoms with Gasteiger partial charge in [-0.3, -0.25) is 9.59 Å². The summed E-state index contributed by atoms with van der Waals surface area (Å²) < 4.78 is 12.9. The third kappa shape index (κ3) is 3.54. The Morgan fingerprint density at radius 3 is 2.79 bits per heavy atom. The van der Waals surface area contributed by atoms with Gasteiger partial charge in [-0.05, 0) is 37.8 Å². The summed E-state index contributed by atoms with van der Waals surface area (Å²) >= 11 is 0. The number of nitrogens with one attached hydrogen (secondary N) is 2. The highest BCUT2D eigenvalue weighted by molar-refractivity contribution is 6.03. The molecule has 0 aliphatic carbocycles. The van der Waals surface area contributed by atoms with Crippen molar-refractivity contribution in [1.82, 2.24) is 14.9 Å². The van der Waals surface area contributed by atoms with Crippen LogP contribution in [0, 0.1) is 0 Å². The molecule has 2 aromatic rings. The second-order valence-electron chi connectivity index (χ2n) is 6.91. The lowest BCUT2D eigenvalue weighted by Gasteiger charge is -2.19. The highest BCUT2D eigenvalue weighted by Gasteiger charge is 2.27. The maximum absolute atomic E-state index is 12.9. The molecule has 0 atom stereocenters. The van der Waals surface area contributed by atoms with Crippen molar-refractivity contribution in [3.63, 3.8) is 0 Å². The van der Waals surface area contributed by atoms with E-state index >= 15 is 0 Å². The minimum atomic E-state index is -0.339. The Morgan fingerprint density at radius 2 is 1.96 bits per heavy atom. The molecule has 2 N–H and O–H groups in total. The van der Waals surface area contributed by atoms with Crippen molar-refractivity contribution < 1.29 is 19.1 Å². The molecule has 0 saturated carbocycles. The van der Waals surface area contributed by atoms with E-state index < -0.39 is 0 Å². The lowest BCUT2D eigenvalue weighted by atomic mass is 10.1. The van der Waals surface area contributed by atoms with Crippen LogP contribution in [-0.2, 0) is 13.0 Å². The number of carbonyl (C=O) groups is 2. The number of ether oxygens (including phenoxy) is 2. The second kappa shape index (κ2) is 7.92. The number of nitrogens with zero attached hydrogens (tertiary/aromatic N) is 2. The number of imidazole rings is 1. The monoisotopic (exact) mass is 384 g/mol. The number of amides is 2. The summed E-state index contributed by atoms with van der Waals surface area (Å²) in [6.07, 6.45) is 3.55. The lowest BCUT2D eigenvalue weighted by molar-refractivity contribution is 0.0947. The first-order valence-electron chi connectivity index (χ1n) is 9.76. The molecule has 2 aliphatic rings. The number of carbonyl (C=O) groups excluding carboxylic acids is 2. The summed E-state index contributed by atoms with van der Waals surface area (Å²) in [5.74, 6) is 0.984. The van der Waals surface area contributed by atoms with Crippen LogP contribution in [-0.4, -0.2) is 41.1 Å². The average Bonchev–Trinajstić information content (AvgIpc) is 3.12. The molecule has 2 aliphatic heterocycles. The molecule has 0 radical (unpaired) electrons. The third-order valence-corrected chi connectivity index (χ3v) is 4.87. The molecule has 8 nitrogen and oxygen atoms in total. The van der Waals surface area contributed by atoms with Crippen LogP contribution in [0.15, 0.2) is 18.2 Å². The summed E-state index contributed by atoms with van der Waals surface area (Å²) in [5.41, 5.74) is 1.80. The van der Waals surface area contributed by atoms with E-state index in [1.165, 1.54) is 0 Å². The van der Waals surface area contributed by atoms with Gasteiger partial charge in [0.25, 0.3) is 11.8 Å². The molecule has 2 amide bonds. The number of aromatic nitrogens is 2. The Morgan fingerprint density at radius 1 is 1.14 bits per heavy atom. The molecule has 8 heteroatoms. The summed E-state index contributed by atoms with van der Waals surface area (Å²) in [5, 5.41) is 5.72. The van der Waals surface area contributed by atoms with Crippen LogP contribution in [0.3, 0.4) is 0 Å². The predicted molar refractivity (Wildman–Crippen MR) is 103 cm³/mol. The van der Waals surface area contributed by atoms with E-state index in [0.29, 0.717) is 49.2 Å². The smallest absolute Gasteiger partial charge is 0.291 e. The number of benzene rings is 1. The van der Waals surface area contributed by atoms with Crippen LogP contribution >= 0.6 is 0 Å². The first-order chi connectivity index (χ1) is 13.7. The van der Waals surface area contributed by atoms with Crippen LogP contribution in [0.4, 0.5) is 5.69 Å². The van der Waals surface area contributed by atoms with E-state index in [1.807, 2.05) is 11.5 Å². The van der Waals surface area contributed by atoms with Crippen molar-refractivity contribution in [2.24, 2.45) is 0 Å². The Kier molecular flexibility index (Phi) is 5.18. The number of hydrogen-bond acceptors (Lipinski definition) is 5. The SMILES string of the molecule is CCCNC(=O)c1nc(C(=O)Nc2ccc3c(c2)OCCO3)n2c1CCCC2. The van der Waals surface area contributed by atoms with Gasteiger partial charge in [0.15, 0.2) is 17.3 Å². The van der Waals surface area contributed by atoms with Crippen LogP contribution in [0.5, 0.6) is 11.5 Å². The number of hydrogen-bond donors (Lipinski definition) is 2.